The van der Waals surface area contributed by atoms with E-state index in [4.69, 9.17) is 0 Å². The predicted molar refractivity (Wildman–Crippen MR) is 76.9 cm³/mol. The van der Waals surface area contributed by atoms with E-state index in [0.29, 0.717) is 18.4 Å². The first-order valence-corrected chi connectivity index (χ1v) is 7.06. The van der Waals surface area contributed by atoms with Crippen LogP contribution >= 0.6 is 15.9 Å². The molecule has 6 heteroatoms. The molecule has 1 atom stereocenters. The Labute approximate surface area is 125 Å². The summed E-state index contributed by atoms with van der Waals surface area (Å²) in [7, 11) is 0. The highest BCUT2D eigenvalue weighted by molar-refractivity contribution is 9.10. The zero-order valence-electron chi connectivity index (χ0n) is 11.4. The topological polar surface area (TPSA) is 66.4 Å². The second-order valence-corrected chi connectivity index (χ2v) is 5.72. The number of carbonyl (C=O) groups is 2. The van der Waals surface area contributed by atoms with E-state index in [1.54, 1.807) is 0 Å². The van der Waals surface area contributed by atoms with E-state index in [-0.39, 0.29) is 10.9 Å². The quantitative estimate of drug-likeness (QED) is 0.832. The van der Waals surface area contributed by atoms with E-state index < -0.39 is 23.2 Å². The molecule has 0 saturated carbocycles. The van der Waals surface area contributed by atoms with Crippen molar-refractivity contribution in [2.75, 3.05) is 0 Å². The molecule has 110 valence electrons. The molecule has 20 heavy (non-hydrogen) atoms. The van der Waals surface area contributed by atoms with Crippen molar-refractivity contribution in [2.24, 2.45) is 0 Å². The number of carboxylic acids is 1. The smallest absolute Gasteiger partial charge is 0.329 e. The van der Waals surface area contributed by atoms with Gasteiger partial charge in [-0.25, -0.2) is 9.18 Å². The summed E-state index contributed by atoms with van der Waals surface area (Å²) in [6.07, 6.45) is 0.998. The number of aliphatic carboxylic acids is 1. The normalized spacial score (nSPS) is 13.6. The summed E-state index contributed by atoms with van der Waals surface area (Å²) >= 11 is 3.04. The first kappa shape index (κ1) is 16.6. The van der Waals surface area contributed by atoms with Crippen LogP contribution in [0.5, 0.6) is 0 Å². The summed E-state index contributed by atoms with van der Waals surface area (Å²) in [5.74, 6) is -1.87. The van der Waals surface area contributed by atoms with E-state index in [9.17, 15) is 19.1 Å². The van der Waals surface area contributed by atoms with Crippen molar-refractivity contribution in [2.45, 2.75) is 38.6 Å². The average molecular weight is 346 g/mol. The molecule has 4 nitrogen and oxygen atoms in total. The van der Waals surface area contributed by atoms with Crippen LogP contribution in [-0.2, 0) is 16.0 Å². The molecule has 0 bridgehead atoms. The molecule has 0 aliphatic heterocycles. The van der Waals surface area contributed by atoms with Gasteiger partial charge in [-0.05, 0) is 47.0 Å². The van der Waals surface area contributed by atoms with E-state index in [1.165, 1.54) is 25.1 Å². The molecule has 0 aliphatic carbocycles. The minimum Gasteiger partial charge on any atom is -0.480 e. The molecule has 1 unspecified atom stereocenters. The molecule has 1 aromatic rings. The van der Waals surface area contributed by atoms with Gasteiger partial charge in [-0.2, -0.15) is 0 Å². The minimum atomic E-state index is -1.27. The Kier molecular flexibility index (Phi) is 5.68. The van der Waals surface area contributed by atoms with Crippen LogP contribution in [0.25, 0.3) is 0 Å². The SMILES string of the molecule is CCCC(C)(NC(=O)Cc1ccc(F)c(Br)c1)C(=O)O. The van der Waals surface area contributed by atoms with Gasteiger partial charge in [0.15, 0.2) is 0 Å². The van der Waals surface area contributed by atoms with Gasteiger partial charge in [0.05, 0.1) is 10.9 Å². The highest BCUT2D eigenvalue weighted by Gasteiger charge is 2.33. The fourth-order valence-corrected chi connectivity index (χ4v) is 2.34. The average Bonchev–Trinajstić information content (AvgIpc) is 2.33. The number of hydrogen-bond donors (Lipinski definition) is 2. The van der Waals surface area contributed by atoms with Crippen LogP contribution in [0.3, 0.4) is 0 Å². The second kappa shape index (κ2) is 6.83. The van der Waals surface area contributed by atoms with Gasteiger partial charge in [0.2, 0.25) is 5.91 Å². The lowest BCUT2D eigenvalue weighted by Gasteiger charge is -2.25. The van der Waals surface area contributed by atoms with Crippen molar-refractivity contribution in [3.8, 4) is 0 Å². The van der Waals surface area contributed by atoms with Crippen LogP contribution in [0.15, 0.2) is 22.7 Å². The highest BCUT2D eigenvalue weighted by Crippen LogP contribution is 2.18. The number of nitrogens with one attached hydrogen (secondary N) is 1. The van der Waals surface area contributed by atoms with Gasteiger partial charge in [-0.15, -0.1) is 0 Å². The third kappa shape index (κ3) is 4.30. The Morgan fingerprint density at radius 3 is 2.60 bits per heavy atom. The van der Waals surface area contributed by atoms with Crippen molar-refractivity contribution >= 4 is 27.8 Å². The van der Waals surface area contributed by atoms with E-state index in [0.717, 1.165) is 0 Å². The summed E-state index contributed by atoms with van der Waals surface area (Å²) in [4.78, 5) is 23.1. The molecular formula is C14H17BrFNO3. The molecule has 2 N–H and O–H groups in total. The van der Waals surface area contributed by atoms with Gasteiger partial charge >= 0.3 is 5.97 Å². The number of carboxylic acid groups (broad SMARTS) is 1. The molecule has 1 aromatic carbocycles. The van der Waals surface area contributed by atoms with E-state index in [2.05, 4.69) is 21.2 Å². The van der Waals surface area contributed by atoms with Crippen LogP contribution in [0.4, 0.5) is 4.39 Å². The lowest BCUT2D eigenvalue weighted by atomic mass is 9.96. The molecule has 1 rings (SSSR count). The van der Waals surface area contributed by atoms with Crippen molar-refractivity contribution < 1.29 is 19.1 Å². The largest absolute Gasteiger partial charge is 0.480 e. The van der Waals surface area contributed by atoms with Gasteiger partial charge < -0.3 is 10.4 Å². The van der Waals surface area contributed by atoms with Gasteiger partial charge in [0.1, 0.15) is 11.4 Å². The summed E-state index contributed by atoms with van der Waals surface area (Å²) in [6.45, 7) is 3.34. The standard InChI is InChI=1S/C14H17BrFNO3/c1-3-6-14(2,13(19)20)17-12(18)8-9-4-5-11(16)10(15)7-9/h4-5,7H,3,6,8H2,1-2H3,(H,17,18)(H,19,20). The van der Waals surface area contributed by atoms with Crippen LogP contribution < -0.4 is 5.32 Å². The molecule has 1 amide bonds. The van der Waals surface area contributed by atoms with Crippen molar-refractivity contribution in [3.63, 3.8) is 0 Å². The highest BCUT2D eigenvalue weighted by atomic mass is 79.9. The number of halogens is 2. The zero-order valence-corrected chi connectivity index (χ0v) is 13.0. The Hall–Kier alpha value is -1.43. The maximum absolute atomic E-state index is 13.1. The molecule has 0 radical (unpaired) electrons. The van der Waals surface area contributed by atoms with Crippen LogP contribution in [0, 0.1) is 5.82 Å². The number of hydrogen-bond acceptors (Lipinski definition) is 2. The fraction of sp³-hybridized carbons (Fsp3) is 0.429. The Bertz CT molecular complexity index is 521. The molecular weight excluding hydrogens is 329 g/mol. The molecule has 0 heterocycles. The zero-order chi connectivity index (χ0) is 15.3. The van der Waals surface area contributed by atoms with Gasteiger partial charge in [-0.1, -0.05) is 19.4 Å². The lowest BCUT2D eigenvalue weighted by Crippen LogP contribution is -2.52. The summed E-state index contributed by atoms with van der Waals surface area (Å²) in [5.41, 5.74) is -0.664. The van der Waals surface area contributed by atoms with Crippen LogP contribution in [0.2, 0.25) is 0 Å². The third-order valence-corrected chi connectivity index (χ3v) is 3.59. The Morgan fingerprint density at radius 2 is 2.10 bits per heavy atom. The predicted octanol–water partition coefficient (Wildman–Crippen LogP) is 2.89. The Balaban J connectivity index is 2.75. The number of carbonyl (C=O) groups excluding carboxylic acids is 1. The molecule has 0 spiro atoms. The summed E-state index contributed by atoms with van der Waals surface area (Å²) in [5, 5.41) is 11.7. The summed E-state index contributed by atoms with van der Waals surface area (Å²) < 4.78 is 13.4. The van der Waals surface area contributed by atoms with Gasteiger partial charge in [0.25, 0.3) is 0 Å². The third-order valence-electron chi connectivity index (χ3n) is 2.99. The van der Waals surface area contributed by atoms with E-state index >= 15 is 0 Å². The molecule has 0 saturated heterocycles. The van der Waals surface area contributed by atoms with Crippen molar-refractivity contribution in [3.05, 3.63) is 34.1 Å². The maximum atomic E-state index is 13.1. The van der Waals surface area contributed by atoms with Crippen molar-refractivity contribution in [1.29, 1.82) is 0 Å². The molecule has 0 fully saturated rings. The summed E-state index contributed by atoms with van der Waals surface area (Å²) in [6, 6.07) is 4.26. The van der Waals surface area contributed by atoms with Crippen LogP contribution in [0.1, 0.15) is 32.3 Å². The van der Waals surface area contributed by atoms with Gasteiger partial charge in [-0.3, -0.25) is 4.79 Å². The van der Waals surface area contributed by atoms with Gasteiger partial charge in [0, 0.05) is 0 Å². The number of rotatable bonds is 6. The fourth-order valence-electron chi connectivity index (χ4n) is 1.91. The first-order chi connectivity index (χ1) is 9.28. The molecule has 0 aliphatic rings. The first-order valence-electron chi connectivity index (χ1n) is 6.27. The van der Waals surface area contributed by atoms with Crippen LogP contribution in [-0.4, -0.2) is 22.5 Å². The minimum absolute atomic E-state index is 0.00542. The number of benzene rings is 1. The lowest BCUT2D eigenvalue weighted by molar-refractivity contribution is -0.147. The second-order valence-electron chi connectivity index (χ2n) is 4.86. The number of amides is 1. The van der Waals surface area contributed by atoms with Crippen molar-refractivity contribution in [1.82, 2.24) is 5.32 Å². The maximum Gasteiger partial charge on any atom is 0.329 e. The van der Waals surface area contributed by atoms with E-state index in [1.807, 2.05) is 6.92 Å². The Morgan fingerprint density at radius 1 is 1.45 bits per heavy atom. The monoisotopic (exact) mass is 345 g/mol. The molecule has 0 aromatic heterocycles.